The number of terminal acetylenes is 1. The van der Waals surface area contributed by atoms with Crippen LogP contribution in [0.3, 0.4) is 0 Å². The molecule has 15 heavy (non-hydrogen) atoms. The highest BCUT2D eigenvalue weighted by Gasteiger charge is 2.20. The van der Waals surface area contributed by atoms with Gasteiger partial charge in [-0.05, 0) is 26.2 Å². The fraction of sp³-hybridized carbons (Fsp3) is 0.750. The number of hydrogen-bond acceptors (Lipinski definition) is 2. The molecule has 0 aromatic carbocycles. The molecule has 86 valence electrons. The first-order valence-corrected chi connectivity index (χ1v) is 5.07. The molecule has 0 spiro atoms. The highest BCUT2D eigenvalue weighted by Crippen LogP contribution is 2.18. The molecule has 0 unspecified atom stereocenters. The quantitative estimate of drug-likeness (QED) is 0.729. The second-order valence-corrected chi connectivity index (χ2v) is 5.40. The number of amides is 1. The molecule has 3 heteroatoms. The standard InChI is InChI=1S/C12H21NO2/c1-7-8-12(5,6)9-13-10(14)15-11(2,3)4/h1H,8-9H2,2-6H3,(H,13,14). The molecular formula is C12H21NO2. The summed E-state index contributed by atoms with van der Waals surface area (Å²) in [5, 5.41) is 2.71. The third-order valence-electron chi connectivity index (χ3n) is 1.69. The Morgan fingerprint density at radius 1 is 1.33 bits per heavy atom. The molecule has 1 N–H and O–H groups in total. The van der Waals surface area contributed by atoms with Crippen LogP contribution in [0.1, 0.15) is 41.0 Å². The Morgan fingerprint density at radius 2 is 1.87 bits per heavy atom. The Bertz CT molecular complexity index is 256. The van der Waals surface area contributed by atoms with Crippen LogP contribution in [0.15, 0.2) is 0 Å². The van der Waals surface area contributed by atoms with E-state index in [1.807, 2.05) is 34.6 Å². The van der Waals surface area contributed by atoms with Crippen molar-refractivity contribution in [2.45, 2.75) is 46.6 Å². The summed E-state index contributed by atoms with van der Waals surface area (Å²) >= 11 is 0. The zero-order valence-corrected chi connectivity index (χ0v) is 10.3. The highest BCUT2D eigenvalue weighted by molar-refractivity contribution is 5.67. The van der Waals surface area contributed by atoms with Gasteiger partial charge in [0.1, 0.15) is 5.60 Å². The zero-order valence-electron chi connectivity index (χ0n) is 10.3. The fourth-order valence-electron chi connectivity index (χ4n) is 0.964. The van der Waals surface area contributed by atoms with Gasteiger partial charge in [-0.3, -0.25) is 0 Å². The van der Waals surface area contributed by atoms with Crippen molar-refractivity contribution in [2.75, 3.05) is 6.54 Å². The maximum absolute atomic E-state index is 11.3. The molecule has 0 aliphatic heterocycles. The summed E-state index contributed by atoms with van der Waals surface area (Å²) < 4.78 is 5.11. The minimum Gasteiger partial charge on any atom is -0.444 e. The Kier molecular flexibility index (Phi) is 4.67. The van der Waals surface area contributed by atoms with E-state index < -0.39 is 11.7 Å². The van der Waals surface area contributed by atoms with Crippen LogP contribution in [-0.2, 0) is 4.74 Å². The number of alkyl carbamates (subject to hydrolysis) is 1. The average molecular weight is 211 g/mol. The van der Waals surface area contributed by atoms with E-state index in [-0.39, 0.29) is 5.41 Å². The number of carbonyl (C=O) groups is 1. The predicted octanol–water partition coefficient (Wildman–Crippen LogP) is 2.56. The van der Waals surface area contributed by atoms with Gasteiger partial charge in [0.2, 0.25) is 0 Å². The summed E-state index contributed by atoms with van der Waals surface area (Å²) in [7, 11) is 0. The number of hydrogen-bond donors (Lipinski definition) is 1. The second-order valence-electron chi connectivity index (χ2n) is 5.40. The van der Waals surface area contributed by atoms with Crippen LogP contribution in [0.25, 0.3) is 0 Å². The minimum atomic E-state index is -0.458. The van der Waals surface area contributed by atoms with Gasteiger partial charge in [0.25, 0.3) is 0 Å². The van der Waals surface area contributed by atoms with Crippen molar-refractivity contribution in [3.8, 4) is 12.3 Å². The van der Waals surface area contributed by atoms with Crippen LogP contribution in [0.2, 0.25) is 0 Å². The molecule has 0 rings (SSSR count). The first-order chi connectivity index (χ1) is 6.66. The Morgan fingerprint density at radius 3 is 2.27 bits per heavy atom. The Hall–Kier alpha value is -1.17. The van der Waals surface area contributed by atoms with Crippen molar-refractivity contribution in [3.05, 3.63) is 0 Å². The van der Waals surface area contributed by atoms with Crippen LogP contribution < -0.4 is 5.32 Å². The van der Waals surface area contributed by atoms with E-state index >= 15 is 0 Å². The van der Waals surface area contributed by atoms with E-state index in [2.05, 4.69) is 11.2 Å². The lowest BCUT2D eigenvalue weighted by Crippen LogP contribution is -2.37. The summed E-state index contributed by atoms with van der Waals surface area (Å²) in [6.07, 6.45) is 5.46. The van der Waals surface area contributed by atoms with E-state index in [9.17, 15) is 4.79 Å². The second kappa shape index (κ2) is 5.06. The van der Waals surface area contributed by atoms with Gasteiger partial charge in [0.15, 0.2) is 0 Å². The molecule has 0 aliphatic rings. The fourth-order valence-corrected chi connectivity index (χ4v) is 0.964. The number of rotatable bonds is 3. The van der Waals surface area contributed by atoms with Crippen LogP contribution >= 0.6 is 0 Å². The normalized spacial score (nSPS) is 11.7. The van der Waals surface area contributed by atoms with Gasteiger partial charge in [-0.1, -0.05) is 13.8 Å². The molecule has 0 radical (unpaired) electrons. The van der Waals surface area contributed by atoms with E-state index in [0.29, 0.717) is 13.0 Å². The number of carbonyl (C=O) groups excluding carboxylic acids is 1. The van der Waals surface area contributed by atoms with Gasteiger partial charge in [-0.25, -0.2) is 4.79 Å². The van der Waals surface area contributed by atoms with Crippen molar-refractivity contribution < 1.29 is 9.53 Å². The SMILES string of the molecule is C#CCC(C)(C)CNC(=O)OC(C)(C)C. The summed E-state index contributed by atoms with van der Waals surface area (Å²) in [5.74, 6) is 2.59. The Labute approximate surface area is 92.6 Å². The number of ether oxygens (including phenoxy) is 1. The summed E-state index contributed by atoms with van der Waals surface area (Å²) in [6, 6.07) is 0. The first kappa shape index (κ1) is 13.8. The maximum Gasteiger partial charge on any atom is 0.407 e. The lowest BCUT2D eigenvalue weighted by Gasteiger charge is -2.24. The van der Waals surface area contributed by atoms with Gasteiger partial charge in [-0.2, -0.15) is 0 Å². The highest BCUT2D eigenvalue weighted by atomic mass is 16.6. The summed E-state index contributed by atoms with van der Waals surface area (Å²) in [4.78, 5) is 11.3. The van der Waals surface area contributed by atoms with Crippen LogP contribution in [0.5, 0.6) is 0 Å². The topological polar surface area (TPSA) is 38.3 Å². The molecule has 0 bridgehead atoms. The Balaban J connectivity index is 3.97. The van der Waals surface area contributed by atoms with Crippen molar-refractivity contribution in [3.63, 3.8) is 0 Å². The van der Waals surface area contributed by atoms with Gasteiger partial charge < -0.3 is 10.1 Å². The molecule has 0 heterocycles. The summed E-state index contributed by atoms with van der Waals surface area (Å²) in [6.45, 7) is 10.0. The van der Waals surface area contributed by atoms with Crippen molar-refractivity contribution in [2.24, 2.45) is 5.41 Å². The van der Waals surface area contributed by atoms with Crippen LogP contribution in [-0.4, -0.2) is 18.2 Å². The molecule has 0 aromatic rings. The third kappa shape index (κ3) is 7.87. The van der Waals surface area contributed by atoms with Crippen molar-refractivity contribution in [1.29, 1.82) is 0 Å². The third-order valence-corrected chi connectivity index (χ3v) is 1.69. The summed E-state index contributed by atoms with van der Waals surface area (Å²) in [5.41, 5.74) is -0.550. The predicted molar refractivity (Wildman–Crippen MR) is 61.5 cm³/mol. The lowest BCUT2D eigenvalue weighted by atomic mass is 9.90. The lowest BCUT2D eigenvalue weighted by molar-refractivity contribution is 0.0507. The van der Waals surface area contributed by atoms with E-state index in [1.165, 1.54) is 0 Å². The molecule has 0 atom stereocenters. The molecule has 0 saturated carbocycles. The van der Waals surface area contributed by atoms with Gasteiger partial charge >= 0.3 is 6.09 Å². The van der Waals surface area contributed by atoms with Gasteiger partial charge in [-0.15, -0.1) is 12.3 Å². The average Bonchev–Trinajstić information content (AvgIpc) is 1.98. The molecule has 3 nitrogen and oxygen atoms in total. The maximum atomic E-state index is 11.3. The largest absolute Gasteiger partial charge is 0.444 e. The van der Waals surface area contributed by atoms with E-state index in [0.717, 1.165) is 0 Å². The van der Waals surface area contributed by atoms with Gasteiger partial charge in [0, 0.05) is 13.0 Å². The zero-order chi connectivity index (χ0) is 12.1. The van der Waals surface area contributed by atoms with Crippen molar-refractivity contribution in [1.82, 2.24) is 5.32 Å². The van der Waals surface area contributed by atoms with E-state index in [4.69, 9.17) is 11.2 Å². The van der Waals surface area contributed by atoms with Crippen LogP contribution in [0.4, 0.5) is 4.79 Å². The molecule has 1 amide bonds. The first-order valence-electron chi connectivity index (χ1n) is 5.07. The molecule has 0 saturated heterocycles. The molecule has 0 aliphatic carbocycles. The monoisotopic (exact) mass is 211 g/mol. The number of nitrogens with one attached hydrogen (secondary N) is 1. The molecule has 0 fully saturated rings. The van der Waals surface area contributed by atoms with E-state index in [1.54, 1.807) is 0 Å². The smallest absolute Gasteiger partial charge is 0.407 e. The minimum absolute atomic E-state index is 0.0916. The molecular weight excluding hydrogens is 190 g/mol. The van der Waals surface area contributed by atoms with Crippen molar-refractivity contribution >= 4 is 6.09 Å². The van der Waals surface area contributed by atoms with Crippen LogP contribution in [0, 0.1) is 17.8 Å². The molecule has 0 aromatic heterocycles. The van der Waals surface area contributed by atoms with Gasteiger partial charge in [0.05, 0.1) is 0 Å².